The van der Waals surface area contributed by atoms with Crippen molar-refractivity contribution in [3.8, 4) is 0 Å². The van der Waals surface area contributed by atoms with E-state index in [-0.39, 0.29) is 0 Å². The lowest BCUT2D eigenvalue weighted by molar-refractivity contribution is 0.100. The highest BCUT2D eigenvalue weighted by molar-refractivity contribution is 6.01. The molecule has 1 aromatic heterocycles. The summed E-state index contributed by atoms with van der Waals surface area (Å²) in [6.45, 7) is 2.83. The van der Waals surface area contributed by atoms with Crippen LogP contribution in [0.4, 0.5) is 5.69 Å². The Morgan fingerprint density at radius 3 is 3.09 bits per heavy atom. The van der Waals surface area contributed by atoms with Gasteiger partial charge in [0.25, 0.3) is 0 Å². The van der Waals surface area contributed by atoms with E-state index in [1.165, 1.54) is 12.8 Å². The molecule has 3 rings (SSSR count). The van der Waals surface area contributed by atoms with Gasteiger partial charge < -0.3 is 15.4 Å². The van der Waals surface area contributed by atoms with Crippen LogP contribution in [0.2, 0.25) is 0 Å². The molecule has 0 radical (unpaired) electrons. The number of nitrogens with two attached hydrogens (primary N) is 1. The molecule has 0 saturated carbocycles. The Hall–Kier alpha value is -2.14. The number of primary amides is 1. The average Bonchev–Trinajstić information content (AvgIpc) is 2.59. The highest BCUT2D eigenvalue weighted by Crippen LogP contribution is 2.31. The normalized spacial score (nSPS) is 18.3. The summed E-state index contributed by atoms with van der Waals surface area (Å²) in [6, 6.07) is 5.56. The van der Waals surface area contributed by atoms with Gasteiger partial charge >= 0.3 is 0 Å². The van der Waals surface area contributed by atoms with Crippen LogP contribution in [0.25, 0.3) is 10.8 Å². The Kier molecular flexibility index (Phi) is 4.76. The molecule has 5 heteroatoms. The summed E-state index contributed by atoms with van der Waals surface area (Å²) in [5.74, 6) is 0.240. The van der Waals surface area contributed by atoms with Crippen LogP contribution in [0.3, 0.4) is 0 Å². The van der Waals surface area contributed by atoms with E-state index >= 15 is 0 Å². The van der Waals surface area contributed by atoms with Crippen LogP contribution in [-0.4, -0.2) is 37.7 Å². The van der Waals surface area contributed by atoms with E-state index in [1.807, 2.05) is 24.5 Å². The molecule has 23 heavy (non-hydrogen) atoms. The van der Waals surface area contributed by atoms with Crippen LogP contribution in [0.15, 0.2) is 30.6 Å². The third kappa shape index (κ3) is 3.45. The zero-order valence-corrected chi connectivity index (χ0v) is 13.5. The minimum absolute atomic E-state index is 0.397. The number of piperidine rings is 1. The van der Waals surface area contributed by atoms with Gasteiger partial charge in [-0.3, -0.25) is 9.78 Å². The van der Waals surface area contributed by atoms with Crippen LogP contribution in [-0.2, 0) is 4.74 Å². The van der Waals surface area contributed by atoms with Crippen molar-refractivity contribution < 1.29 is 9.53 Å². The van der Waals surface area contributed by atoms with E-state index in [4.69, 9.17) is 10.5 Å². The SMILES string of the molecule is COCCC1CCCN(c2cncc3ccc(C(N)=O)cc23)C1. The fraction of sp³-hybridized carbons (Fsp3) is 0.444. The molecule has 5 nitrogen and oxygen atoms in total. The maximum atomic E-state index is 11.5. The maximum absolute atomic E-state index is 11.5. The molecule has 1 aromatic carbocycles. The van der Waals surface area contributed by atoms with Gasteiger partial charge in [-0.25, -0.2) is 0 Å². The second-order valence-corrected chi connectivity index (χ2v) is 6.19. The van der Waals surface area contributed by atoms with Gasteiger partial charge in [0, 0.05) is 49.3 Å². The number of ether oxygens (including phenoxy) is 1. The summed E-state index contributed by atoms with van der Waals surface area (Å²) >= 11 is 0. The fourth-order valence-electron chi connectivity index (χ4n) is 3.36. The van der Waals surface area contributed by atoms with Crippen molar-refractivity contribution in [3.05, 3.63) is 36.2 Å². The number of pyridine rings is 1. The van der Waals surface area contributed by atoms with Gasteiger partial charge in [0.2, 0.25) is 5.91 Å². The molecule has 1 fully saturated rings. The van der Waals surface area contributed by atoms with E-state index in [2.05, 4.69) is 9.88 Å². The summed E-state index contributed by atoms with van der Waals surface area (Å²) in [5, 5.41) is 2.08. The molecular formula is C18H23N3O2. The molecular weight excluding hydrogens is 290 g/mol. The van der Waals surface area contributed by atoms with Crippen molar-refractivity contribution in [3.63, 3.8) is 0 Å². The minimum atomic E-state index is -0.397. The number of carbonyl (C=O) groups is 1. The highest BCUT2D eigenvalue weighted by Gasteiger charge is 2.21. The molecule has 122 valence electrons. The highest BCUT2D eigenvalue weighted by atomic mass is 16.5. The maximum Gasteiger partial charge on any atom is 0.248 e. The number of hydrogen-bond acceptors (Lipinski definition) is 4. The predicted molar refractivity (Wildman–Crippen MR) is 91.7 cm³/mol. The van der Waals surface area contributed by atoms with Gasteiger partial charge in [-0.1, -0.05) is 6.07 Å². The molecule has 0 aliphatic carbocycles. The largest absolute Gasteiger partial charge is 0.385 e. The molecule has 2 N–H and O–H groups in total. The lowest BCUT2D eigenvalue weighted by Crippen LogP contribution is -2.36. The average molecular weight is 313 g/mol. The number of benzene rings is 1. The second-order valence-electron chi connectivity index (χ2n) is 6.19. The number of carbonyl (C=O) groups excluding carboxylic acids is 1. The van der Waals surface area contributed by atoms with E-state index in [0.29, 0.717) is 11.5 Å². The standard InChI is InChI=1S/C18H23N3O2/c1-23-8-6-13-3-2-7-21(12-13)17-11-20-10-15-5-4-14(18(19)22)9-16(15)17/h4-5,9-11,13H,2-3,6-8,12H2,1H3,(H2,19,22). The third-order valence-electron chi connectivity index (χ3n) is 4.61. The molecule has 2 heterocycles. The molecule has 1 atom stereocenters. The van der Waals surface area contributed by atoms with Crippen molar-refractivity contribution in [2.24, 2.45) is 11.7 Å². The number of fused-ring (bicyclic) bond motifs is 1. The van der Waals surface area contributed by atoms with Gasteiger partial charge in [-0.15, -0.1) is 0 Å². The van der Waals surface area contributed by atoms with Gasteiger partial charge in [0.15, 0.2) is 0 Å². The van der Waals surface area contributed by atoms with E-state index < -0.39 is 5.91 Å². The topological polar surface area (TPSA) is 68.4 Å². The molecule has 0 bridgehead atoms. The summed E-state index contributed by atoms with van der Waals surface area (Å²) in [5.41, 5.74) is 7.06. The predicted octanol–water partition coefficient (Wildman–Crippen LogP) is 2.59. The van der Waals surface area contributed by atoms with Crippen LogP contribution in [0.5, 0.6) is 0 Å². The Bertz CT molecular complexity index is 702. The molecule has 0 spiro atoms. The number of nitrogens with zero attached hydrogens (tertiary/aromatic N) is 2. The van der Waals surface area contributed by atoms with E-state index in [9.17, 15) is 4.79 Å². The Balaban J connectivity index is 1.92. The quantitative estimate of drug-likeness (QED) is 0.921. The fourth-order valence-corrected chi connectivity index (χ4v) is 3.36. The molecule has 1 unspecified atom stereocenters. The van der Waals surface area contributed by atoms with Crippen LogP contribution >= 0.6 is 0 Å². The van der Waals surface area contributed by atoms with Gasteiger partial charge in [0.1, 0.15) is 0 Å². The summed E-state index contributed by atoms with van der Waals surface area (Å²) in [6.07, 6.45) is 7.21. The first-order valence-corrected chi connectivity index (χ1v) is 8.10. The minimum Gasteiger partial charge on any atom is -0.385 e. The zero-order valence-electron chi connectivity index (χ0n) is 13.5. The van der Waals surface area contributed by atoms with Crippen molar-refractivity contribution in [2.45, 2.75) is 19.3 Å². The van der Waals surface area contributed by atoms with Crippen molar-refractivity contribution in [2.75, 3.05) is 31.7 Å². The number of aromatic nitrogens is 1. The molecule has 1 aliphatic rings. The first kappa shape index (κ1) is 15.7. The number of anilines is 1. The van der Waals surface area contributed by atoms with E-state index in [1.54, 1.807) is 13.2 Å². The number of amides is 1. The summed E-state index contributed by atoms with van der Waals surface area (Å²) in [4.78, 5) is 18.2. The van der Waals surface area contributed by atoms with Crippen LogP contribution in [0.1, 0.15) is 29.6 Å². The van der Waals surface area contributed by atoms with Gasteiger partial charge in [-0.2, -0.15) is 0 Å². The number of rotatable bonds is 5. The molecule has 2 aromatic rings. The second kappa shape index (κ2) is 6.96. The summed E-state index contributed by atoms with van der Waals surface area (Å²) in [7, 11) is 1.75. The smallest absolute Gasteiger partial charge is 0.248 e. The molecule has 1 saturated heterocycles. The zero-order chi connectivity index (χ0) is 16.2. The van der Waals surface area contributed by atoms with Crippen molar-refractivity contribution >= 4 is 22.4 Å². The first-order valence-electron chi connectivity index (χ1n) is 8.10. The van der Waals surface area contributed by atoms with Gasteiger partial charge in [-0.05, 0) is 37.3 Å². The third-order valence-corrected chi connectivity index (χ3v) is 4.61. The Morgan fingerprint density at radius 1 is 1.43 bits per heavy atom. The van der Waals surface area contributed by atoms with Crippen LogP contribution < -0.4 is 10.6 Å². The molecule has 1 amide bonds. The number of methoxy groups -OCH3 is 1. The van der Waals surface area contributed by atoms with Crippen molar-refractivity contribution in [1.29, 1.82) is 0 Å². The summed E-state index contributed by atoms with van der Waals surface area (Å²) < 4.78 is 5.22. The molecule has 1 aliphatic heterocycles. The first-order chi connectivity index (χ1) is 11.2. The Morgan fingerprint density at radius 2 is 2.30 bits per heavy atom. The number of hydrogen-bond donors (Lipinski definition) is 1. The Labute approximate surface area is 136 Å². The lowest BCUT2D eigenvalue weighted by Gasteiger charge is -2.35. The monoisotopic (exact) mass is 313 g/mol. The van der Waals surface area contributed by atoms with Crippen molar-refractivity contribution in [1.82, 2.24) is 4.98 Å². The van der Waals surface area contributed by atoms with Crippen LogP contribution in [0, 0.1) is 5.92 Å². The van der Waals surface area contributed by atoms with E-state index in [0.717, 1.165) is 42.6 Å². The lowest BCUT2D eigenvalue weighted by atomic mass is 9.94. The van der Waals surface area contributed by atoms with Gasteiger partial charge in [0.05, 0.1) is 11.9 Å².